The highest BCUT2D eigenvalue weighted by atomic mass is 16.5. The summed E-state index contributed by atoms with van der Waals surface area (Å²) in [6.07, 6.45) is 7.09. The Kier molecular flexibility index (Phi) is 3.66. The Balaban J connectivity index is 2.09. The molecule has 1 heterocycles. The smallest absolute Gasteiger partial charge is 0.172 e. The number of ether oxygens (including phenoxy) is 2. The molecule has 108 valence electrons. The molecule has 0 atom stereocenters. The van der Waals surface area contributed by atoms with Gasteiger partial charge in [-0.2, -0.15) is 0 Å². The lowest BCUT2D eigenvalue weighted by Crippen LogP contribution is -2.39. The predicted molar refractivity (Wildman–Crippen MR) is 76.4 cm³/mol. The molecule has 0 bridgehead atoms. The minimum absolute atomic E-state index is 0.350. The summed E-state index contributed by atoms with van der Waals surface area (Å²) in [7, 11) is 0. The zero-order valence-electron chi connectivity index (χ0n) is 11.7. The summed E-state index contributed by atoms with van der Waals surface area (Å²) in [6, 6.07) is 3.75. The van der Waals surface area contributed by atoms with Crippen LogP contribution >= 0.6 is 0 Å². The van der Waals surface area contributed by atoms with Crippen molar-refractivity contribution in [2.45, 2.75) is 44.1 Å². The van der Waals surface area contributed by atoms with Crippen LogP contribution in [-0.4, -0.2) is 19.5 Å². The molecular formula is C16H21NO3. The Hall–Kier alpha value is -1.55. The number of rotatable bonds is 2. The summed E-state index contributed by atoms with van der Waals surface area (Å²) >= 11 is 0. The van der Waals surface area contributed by atoms with Gasteiger partial charge in [0.25, 0.3) is 0 Å². The average Bonchev–Trinajstić information content (AvgIpc) is 2.72. The number of hydrogen-bond donors (Lipinski definition) is 1. The van der Waals surface area contributed by atoms with E-state index in [1.807, 2.05) is 6.07 Å². The lowest BCUT2D eigenvalue weighted by atomic mass is 9.77. The maximum absolute atomic E-state index is 11.2. The van der Waals surface area contributed by atoms with Crippen LogP contribution in [0.25, 0.3) is 0 Å². The number of aldehydes is 1. The van der Waals surface area contributed by atoms with Crippen LogP contribution in [0.3, 0.4) is 0 Å². The molecule has 1 saturated carbocycles. The molecule has 0 radical (unpaired) electrons. The number of carbonyl (C=O) groups is 1. The molecule has 0 saturated heterocycles. The van der Waals surface area contributed by atoms with Crippen molar-refractivity contribution in [2.24, 2.45) is 5.73 Å². The lowest BCUT2D eigenvalue weighted by Gasteiger charge is -2.35. The summed E-state index contributed by atoms with van der Waals surface area (Å²) in [5, 5.41) is 0. The zero-order chi connectivity index (χ0) is 14.0. The first-order valence-corrected chi connectivity index (χ1v) is 7.42. The van der Waals surface area contributed by atoms with Crippen molar-refractivity contribution in [3.63, 3.8) is 0 Å². The van der Waals surface area contributed by atoms with Crippen LogP contribution in [0.15, 0.2) is 12.1 Å². The first-order chi connectivity index (χ1) is 9.74. The molecule has 3 rings (SSSR count). The van der Waals surface area contributed by atoms with Crippen molar-refractivity contribution in [1.82, 2.24) is 0 Å². The van der Waals surface area contributed by atoms with Gasteiger partial charge in [0.05, 0.1) is 18.8 Å². The van der Waals surface area contributed by atoms with Gasteiger partial charge in [0, 0.05) is 17.5 Å². The molecule has 0 unspecified atom stereocenters. The molecule has 1 aromatic carbocycles. The second kappa shape index (κ2) is 5.44. The average molecular weight is 275 g/mol. The SMILES string of the molecule is NC1(c2ccc(C=O)c3c2OCCCO3)CCCCC1. The number of nitrogens with two attached hydrogens (primary N) is 1. The molecule has 1 aliphatic carbocycles. The highest BCUT2D eigenvalue weighted by Gasteiger charge is 2.34. The second-order valence-corrected chi connectivity index (χ2v) is 5.75. The normalized spacial score (nSPS) is 21.1. The molecule has 1 fully saturated rings. The van der Waals surface area contributed by atoms with Crippen LogP contribution in [0.5, 0.6) is 11.5 Å². The topological polar surface area (TPSA) is 61.6 Å². The summed E-state index contributed by atoms with van der Waals surface area (Å²) < 4.78 is 11.6. The summed E-state index contributed by atoms with van der Waals surface area (Å²) in [4.78, 5) is 11.2. The van der Waals surface area contributed by atoms with Crippen LogP contribution < -0.4 is 15.2 Å². The molecule has 1 aliphatic heterocycles. The van der Waals surface area contributed by atoms with Crippen LogP contribution in [0.2, 0.25) is 0 Å². The van der Waals surface area contributed by atoms with E-state index in [1.165, 1.54) is 6.42 Å². The highest BCUT2D eigenvalue weighted by molar-refractivity contribution is 5.82. The standard InChI is InChI=1S/C16H21NO3/c17-16(7-2-1-3-8-16)13-6-5-12(11-18)14-15(13)20-10-4-9-19-14/h5-6,11H,1-4,7-10,17H2. The van der Waals surface area contributed by atoms with Crippen LogP contribution in [0.4, 0.5) is 0 Å². The van der Waals surface area contributed by atoms with Gasteiger partial charge in [-0.05, 0) is 18.9 Å². The quantitative estimate of drug-likeness (QED) is 0.843. The van der Waals surface area contributed by atoms with Gasteiger partial charge in [-0.15, -0.1) is 0 Å². The Bertz CT molecular complexity index is 507. The monoisotopic (exact) mass is 275 g/mol. The van der Waals surface area contributed by atoms with E-state index in [0.717, 1.165) is 44.0 Å². The molecule has 4 nitrogen and oxygen atoms in total. The van der Waals surface area contributed by atoms with Crippen molar-refractivity contribution in [2.75, 3.05) is 13.2 Å². The van der Waals surface area contributed by atoms with Crippen LogP contribution in [0.1, 0.15) is 54.4 Å². The van der Waals surface area contributed by atoms with Crippen molar-refractivity contribution >= 4 is 6.29 Å². The van der Waals surface area contributed by atoms with E-state index in [1.54, 1.807) is 6.07 Å². The van der Waals surface area contributed by atoms with Gasteiger partial charge in [-0.1, -0.05) is 25.3 Å². The van der Waals surface area contributed by atoms with E-state index >= 15 is 0 Å². The molecule has 20 heavy (non-hydrogen) atoms. The van der Waals surface area contributed by atoms with E-state index in [9.17, 15) is 4.79 Å². The molecule has 1 aromatic rings. The number of fused-ring (bicyclic) bond motifs is 1. The predicted octanol–water partition coefficient (Wildman–Crippen LogP) is 2.78. The van der Waals surface area contributed by atoms with Gasteiger partial charge in [0.2, 0.25) is 0 Å². The van der Waals surface area contributed by atoms with E-state index < -0.39 is 0 Å². The Morgan fingerprint density at radius 3 is 2.40 bits per heavy atom. The Morgan fingerprint density at radius 2 is 1.70 bits per heavy atom. The first-order valence-electron chi connectivity index (χ1n) is 7.42. The molecule has 2 N–H and O–H groups in total. The van der Waals surface area contributed by atoms with Gasteiger partial charge in [0.15, 0.2) is 17.8 Å². The molecule has 0 spiro atoms. The minimum Gasteiger partial charge on any atom is -0.489 e. The Labute approximate surface area is 119 Å². The minimum atomic E-state index is -0.350. The fourth-order valence-corrected chi connectivity index (χ4v) is 3.21. The Morgan fingerprint density at radius 1 is 1.00 bits per heavy atom. The molecule has 2 aliphatic rings. The third kappa shape index (κ3) is 2.29. The zero-order valence-corrected chi connectivity index (χ0v) is 11.7. The molecule has 0 amide bonds. The summed E-state index contributed by atoms with van der Waals surface area (Å²) in [5.41, 5.74) is 7.82. The van der Waals surface area contributed by atoms with E-state index in [0.29, 0.717) is 30.3 Å². The van der Waals surface area contributed by atoms with Crippen LogP contribution in [-0.2, 0) is 5.54 Å². The van der Waals surface area contributed by atoms with Gasteiger partial charge in [-0.25, -0.2) is 0 Å². The fraction of sp³-hybridized carbons (Fsp3) is 0.562. The molecule has 0 aromatic heterocycles. The van der Waals surface area contributed by atoms with Crippen molar-refractivity contribution in [1.29, 1.82) is 0 Å². The largest absolute Gasteiger partial charge is 0.489 e. The molecule has 4 heteroatoms. The first kappa shape index (κ1) is 13.4. The maximum Gasteiger partial charge on any atom is 0.172 e. The van der Waals surface area contributed by atoms with E-state index in [2.05, 4.69) is 0 Å². The summed E-state index contributed by atoms with van der Waals surface area (Å²) in [6.45, 7) is 1.19. The maximum atomic E-state index is 11.2. The number of benzene rings is 1. The number of carbonyl (C=O) groups excluding carboxylic acids is 1. The van der Waals surface area contributed by atoms with Crippen molar-refractivity contribution in [3.8, 4) is 11.5 Å². The number of hydrogen-bond acceptors (Lipinski definition) is 4. The van der Waals surface area contributed by atoms with Gasteiger partial charge in [-0.3, -0.25) is 4.79 Å². The van der Waals surface area contributed by atoms with Crippen LogP contribution in [0, 0.1) is 0 Å². The van der Waals surface area contributed by atoms with Gasteiger partial charge < -0.3 is 15.2 Å². The highest BCUT2D eigenvalue weighted by Crippen LogP contribution is 2.45. The van der Waals surface area contributed by atoms with Gasteiger partial charge >= 0.3 is 0 Å². The second-order valence-electron chi connectivity index (χ2n) is 5.75. The van der Waals surface area contributed by atoms with E-state index in [4.69, 9.17) is 15.2 Å². The van der Waals surface area contributed by atoms with E-state index in [-0.39, 0.29) is 5.54 Å². The van der Waals surface area contributed by atoms with Gasteiger partial charge in [0.1, 0.15) is 0 Å². The third-order valence-corrected chi connectivity index (χ3v) is 4.33. The van der Waals surface area contributed by atoms with Crippen molar-refractivity contribution in [3.05, 3.63) is 23.3 Å². The summed E-state index contributed by atoms with van der Waals surface area (Å²) in [5.74, 6) is 1.27. The lowest BCUT2D eigenvalue weighted by molar-refractivity contribution is 0.111. The third-order valence-electron chi connectivity index (χ3n) is 4.33. The fourth-order valence-electron chi connectivity index (χ4n) is 3.21. The molecular weight excluding hydrogens is 254 g/mol. The van der Waals surface area contributed by atoms with Crippen molar-refractivity contribution < 1.29 is 14.3 Å².